The van der Waals surface area contributed by atoms with E-state index in [0.717, 1.165) is 31.8 Å². The molecule has 7 heteroatoms. The van der Waals surface area contributed by atoms with Crippen molar-refractivity contribution in [3.05, 3.63) is 69.9 Å². The summed E-state index contributed by atoms with van der Waals surface area (Å²) in [4.78, 5) is 26.7. The molecule has 2 aromatic heterocycles. The number of fused-ring (bicyclic) bond motifs is 1. The van der Waals surface area contributed by atoms with Crippen molar-refractivity contribution in [2.24, 2.45) is 0 Å². The Kier molecular flexibility index (Phi) is 6.06. The van der Waals surface area contributed by atoms with E-state index in [-0.39, 0.29) is 5.91 Å². The topological polar surface area (TPSA) is 64.6 Å². The lowest BCUT2D eigenvalue weighted by atomic mass is 10.0. The maximum absolute atomic E-state index is 13.1. The molecule has 0 bridgehead atoms. The number of rotatable bonds is 6. The molecule has 1 N–H and O–H groups in total. The minimum Gasteiger partial charge on any atom is -0.494 e. The van der Waals surface area contributed by atoms with E-state index in [2.05, 4.69) is 5.32 Å². The Bertz CT molecular complexity index is 1250. The number of methoxy groups -OCH3 is 1. The molecule has 0 saturated heterocycles. The van der Waals surface area contributed by atoms with Crippen LogP contribution in [0.5, 0.6) is 5.75 Å². The van der Waals surface area contributed by atoms with E-state index in [1.54, 1.807) is 0 Å². The van der Waals surface area contributed by atoms with Crippen LogP contribution in [-0.2, 0) is 4.74 Å². The summed E-state index contributed by atoms with van der Waals surface area (Å²) in [6.45, 7) is 4.44. The minimum absolute atomic E-state index is 0.248. The van der Waals surface area contributed by atoms with Crippen molar-refractivity contribution in [1.82, 2.24) is 0 Å². The number of amides is 1. The highest BCUT2D eigenvalue weighted by Gasteiger charge is 2.26. The standard InChI is InChI=1S/C24H21NO4S2/c1-4-29-16-11-9-15(10-12-16)20-14(2)31-23(21(20)24(27)28-3)25-22(26)18-13-30-19-8-6-5-7-17(18)19/h5-13H,4H2,1-3H3,(H,25,26). The van der Waals surface area contributed by atoms with Crippen LogP contribution in [0.3, 0.4) is 0 Å². The van der Waals surface area contributed by atoms with E-state index >= 15 is 0 Å². The van der Waals surface area contributed by atoms with Gasteiger partial charge in [-0.2, -0.15) is 0 Å². The molecule has 31 heavy (non-hydrogen) atoms. The van der Waals surface area contributed by atoms with Crippen molar-refractivity contribution in [2.75, 3.05) is 19.0 Å². The normalized spacial score (nSPS) is 10.8. The number of carbonyl (C=O) groups excluding carboxylic acids is 2. The van der Waals surface area contributed by atoms with Crippen LogP contribution >= 0.6 is 22.7 Å². The summed E-state index contributed by atoms with van der Waals surface area (Å²) in [5.74, 6) is 0.0254. The Morgan fingerprint density at radius 3 is 2.52 bits per heavy atom. The van der Waals surface area contributed by atoms with Gasteiger partial charge in [-0.15, -0.1) is 22.7 Å². The van der Waals surface area contributed by atoms with E-state index in [9.17, 15) is 9.59 Å². The summed E-state index contributed by atoms with van der Waals surface area (Å²) in [6.07, 6.45) is 0. The predicted octanol–water partition coefficient (Wildman–Crippen LogP) is 6.38. The number of hydrogen-bond acceptors (Lipinski definition) is 6. The van der Waals surface area contributed by atoms with Gasteiger partial charge in [0, 0.05) is 25.9 Å². The Hall–Kier alpha value is -3.16. The van der Waals surface area contributed by atoms with Crippen molar-refractivity contribution in [2.45, 2.75) is 13.8 Å². The number of anilines is 1. The zero-order chi connectivity index (χ0) is 22.0. The summed E-state index contributed by atoms with van der Waals surface area (Å²) in [7, 11) is 1.34. The highest BCUT2D eigenvalue weighted by molar-refractivity contribution is 7.18. The van der Waals surface area contributed by atoms with Crippen LogP contribution in [0.2, 0.25) is 0 Å². The largest absolute Gasteiger partial charge is 0.494 e. The van der Waals surface area contributed by atoms with Crippen LogP contribution in [-0.4, -0.2) is 25.6 Å². The fraction of sp³-hybridized carbons (Fsp3) is 0.167. The molecule has 2 heterocycles. The first-order valence-electron chi connectivity index (χ1n) is 9.76. The van der Waals surface area contributed by atoms with Crippen molar-refractivity contribution in [3.63, 3.8) is 0 Å². The predicted molar refractivity (Wildman–Crippen MR) is 127 cm³/mol. The van der Waals surface area contributed by atoms with Gasteiger partial charge in [-0.3, -0.25) is 4.79 Å². The molecule has 0 radical (unpaired) electrons. The van der Waals surface area contributed by atoms with Gasteiger partial charge in [-0.25, -0.2) is 4.79 Å². The number of benzene rings is 2. The lowest BCUT2D eigenvalue weighted by Gasteiger charge is -2.09. The average Bonchev–Trinajstić information content (AvgIpc) is 3.35. The second-order valence-corrected chi connectivity index (χ2v) is 8.92. The van der Waals surface area contributed by atoms with E-state index < -0.39 is 5.97 Å². The molecule has 0 spiro atoms. The van der Waals surface area contributed by atoms with Crippen LogP contribution in [0.25, 0.3) is 21.2 Å². The number of thiophene rings is 2. The highest BCUT2D eigenvalue weighted by atomic mass is 32.1. The fourth-order valence-electron chi connectivity index (χ4n) is 3.49. The van der Waals surface area contributed by atoms with Gasteiger partial charge in [0.2, 0.25) is 0 Å². The Labute approximate surface area is 188 Å². The first kappa shape index (κ1) is 21.1. The first-order chi connectivity index (χ1) is 15.0. The molecule has 158 valence electrons. The second kappa shape index (κ2) is 8.91. The van der Waals surface area contributed by atoms with E-state index in [0.29, 0.717) is 22.7 Å². The third-order valence-corrected chi connectivity index (χ3v) is 6.86. The summed E-state index contributed by atoms with van der Waals surface area (Å²) in [6, 6.07) is 15.3. The molecule has 0 saturated carbocycles. The number of carbonyl (C=O) groups is 2. The van der Waals surface area contributed by atoms with E-state index in [1.807, 2.05) is 67.8 Å². The Balaban J connectivity index is 1.73. The molecule has 0 aliphatic carbocycles. The Morgan fingerprint density at radius 1 is 1.06 bits per heavy atom. The minimum atomic E-state index is -0.487. The number of aryl methyl sites for hydroxylation is 1. The van der Waals surface area contributed by atoms with Gasteiger partial charge in [0.15, 0.2) is 0 Å². The summed E-state index contributed by atoms with van der Waals surface area (Å²) < 4.78 is 11.6. The zero-order valence-corrected chi connectivity index (χ0v) is 19.0. The molecular weight excluding hydrogens is 430 g/mol. The van der Waals surface area contributed by atoms with Crippen molar-refractivity contribution in [3.8, 4) is 16.9 Å². The van der Waals surface area contributed by atoms with E-state index in [4.69, 9.17) is 9.47 Å². The number of hydrogen-bond donors (Lipinski definition) is 1. The molecule has 4 aromatic rings. The smallest absolute Gasteiger partial charge is 0.341 e. The molecule has 1 amide bonds. The molecule has 4 rings (SSSR count). The summed E-state index contributed by atoms with van der Waals surface area (Å²) >= 11 is 2.88. The molecular formula is C24H21NO4S2. The molecule has 0 fully saturated rings. The third-order valence-electron chi connectivity index (χ3n) is 4.88. The van der Waals surface area contributed by atoms with E-state index in [1.165, 1.54) is 29.8 Å². The summed E-state index contributed by atoms with van der Waals surface area (Å²) in [5.41, 5.74) is 2.57. The van der Waals surface area contributed by atoms with Gasteiger partial charge in [0.1, 0.15) is 16.3 Å². The average molecular weight is 452 g/mol. The van der Waals surface area contributed by atoms with Crippen LogP contribution in [0.1, 0.15) is 32.5 Å². The van der Waals surface area contributed by atoms with Gasteiger partial charge < -0.3 is 14.8 Å². The van der Waals surface area contributed by atoms with Gasteiger partial charge in [-0.05, 0) is 37.6 Å². The van der Waals surface area contributed by atoms with Crippen molar-refractivity contribution in [1.29, 1.82) is 0 Å². The highest BCUT2D eigenvalue weighted by Crippen LogP contribution is 2.41. The van der Waals surface area contributed by atoms with Crippen molar-refractivity contribution >= 4 is 49.6 Å². The maximum Gasteiger partial charge on any atom is 0.341 e. The van der Waals surface area contributed by atoms with Gasteiger partial charge >= 0.3 is 5.97 Å². The van der Waals surface area contributed by atoms with Crippen LogP contribution in [0, 0.1) is 6.92 Å². The van der Waals surface area contributed by atoms with Crippen LogP contribution < -0.4 is 10.1 Å². The molecule has 0 atom stereocenters. The van der Waals surface area contributed by atoms with Gasteiger partial charge in [0.25, 0.3) is 5.91 Å². The first-order valence-corrected chi connectivity index (χ1v) is 11.5. The molecule has 0 unspecified atom stereocenters. The lowest BCUT2D eigenvalue weighted by molar-refractivity contribution is 0.0603. The second-order valence-electron chi connectivity index (χ2n) is 6.79. The van der Waals surface area contributed by atoms with Gasteiger partial charge in [-0.1, -0.05) is 30.3 Å². The molecule has 5 nitrogen and oxygen atoms in total. The molecule has 2 aromatic carbocycles. The monoisotopic (exact) mass is 451 g/mol. The SMILES string of the molecule is CCOc1ccc(-c2c(C)sc(NC(=O)c3csc4ccccc34)c2C(=O)OC)cc1. The lowest BCUT2D eigenvalue weighted by Crippen LogP contribution is -2.13. The van der Waals surface area contributed by atoms with Crippen molar-refractivity contribution < 1.29 is 19.1 Å². The number of nitrogens with one attached hydrogen (secondary N) is 1. The Morgan fingerprint density at radius 2 is 1.81 bits per heavy atom. The number of ether oxygens (including phenoxy) is 2. The zero-order valence-electron chi connectivity index (χ0n) is 17.4. The van der Waals surface area contributed by atoms with Crippen LogP contribution in [0.4, 0.5) is 5.00 Å². The third kappa shape index (κ3) is 4.06. The van der Waals surface area contributed by atoms with Crippen LogP contribution in [0.15, 0.2) is 53.9 Å². The quantitative estimate of drug-likeness (QED) is 0.346. The number of esters is 1. The molecule has 0 aliphatic rings. The van der Waals surface area contributed by atoms with Gasteiger partial charge in [0.05, 0.1) is 19.3 Å². The summed E-state index contributed by atoms with van der Waals surface area (Å²) in [5, 5.41) is 6.16. The molecule has 0 aliphatic heterocycles. The maximum atomic E-state index is 13.1. The fourth-order valence-corrected chi connectivity index (χ4v) is 5.49.